The first-order valence-electron chi connectivity index (χ1n) is 13.7. The number of anilines is 2. The Bertz CT molecular complexity index is 1560. The summed E-state index contributed by atoms with van der Waals surface area (Å²) in [6.45, 7) is 6.55. The van der Waals surface area contributed by atoms with Crippen molar-refractivity contribution in [1.82, 2.24) is 9.78 Å². The number of carboxylic acids is 1. The number of hydrogen-bond acceptors (Lipinski definition) is 6. The SMILES string of the molecule is CC(C)(C)n1cc(NC(=O)c2ccc3c(c2)C2(CCO3)C[C@H]2C(=O)Nc2cc(C#N)ccc2CCCC(=O)O)cn1. The maximum absolute atomic E-state index is 13.5. The molecule has 1 aliphatic heterocycles. The maximum Gasteiger partial charge on any atom is 0.303 e. The topological polar surface area (TPSA) is 146 Å². The van der Waals surface area contributed by atoms with Crippen LogP contribution >= 0.6 is 0 Å². The van der Waals surface area contributed by atoms with Gasteiger partial charge in [-0.25, -0.2) is 0 Å². The summed E-state index contributed by atoms with van der Waals surface area (Å²) in [5.74, 6) is -0.981. The number of benzene rings is 2. The van der Waals surface area contributed by atoms with Crippen molar-refractivity contribution in [3.8, 4) is 11.8 Å². The van der Waals surface area contributed by atoms with Gasteiger partial charge in [-0.1, -0.05) is 6.07 Å². The molecule has 0 radical (unpaired) electrons. The van der Waals surface area contributed by atoms with E-state index in [0.29, 0.717) is 60.5 Å². The molecule has 3 aromatic rings. The van der Waals surface area contributed by atoms with Crippen LogP contribution in [0.4, 0.5) is 11.4 Å². The molecule has 5 rings (SSSR count). The molecule has 1 unspecified atom stereocenters. The molecule has 0 saturated heterocycles. The van der Waals surface area contributed by atoms with E-state index in [1.165, 1.54) is 0 Å². The molecule has 10 heteroatoms. The van der Waals surface area contributed by atoms with Gasteiger partial charge in [-0.2, -0.15) is 10.4 Å². The first-order chi connectivity index (χ1) is 19.5. The molecule has 0 bridgehead atoms. The molecule has 1 fully saturated rings. The second-order valence-electron chi connectivity index (χ2n) is 11.7. The third-order valence-electron chi connectivity index (χ3n) is 7.84. The van der Waals surface area contributed by atoms with E-state index in [1.807, 2.05) is 26.8 Å². The minimum atomic E-state index is -0.879. The number of aryl methyl sites for hydroxylation is 1. The molecule has 2 aliphatic rings. The van der Waals surface area contributed by atoms with E-state index in [1.54, 1.807) is 47.4 Å². The summed E-state index contributed by atoms with van der Waals surface area (Å²) in [5.41, 5.74) is 2.97. The summed E-state index contributed by atoms with van der Waals surface area (Å²) in [7, 11) is 0. The Balaban J connectivity index is 1.33. The Morgan fingerprint density at radius 1 is 1.20 bits per heavy atom. The first kappa shape index (κ1) is 27.9. The largest absolute Gasteiger partial charge is 0.493 e. The number of amides is 2. The zero-order chi connectivity index (χ0) is 29.4. The van der Waals surface area contributed by atoms with E-state index in [9.17, 15) is 19.6 Å². The van der Waals surface area contributed by atoms with E-state index in [-0.39, 0.29) is 29.7 Å². The Morgan fingerprint density at radius 3 is 2.71 bits per heavy atom. The lowest BCUT2D eigenvalue weighted by Crippen LogP contribution is -2.27. The third-order valence-corrected chi connectivity index (χ3v) is 7.84. The van der Waals surface area contributed by atoms with Gasteiger partial charge in [0.05, 0.1) is 35.7 Å². The zero-order valence-electron chi connectivity index (χ0n) is 23.4. The predicted molar refractivity (Wildman–Crippen MR) is 152 cm³/mol. The van der Waals surface area contributed by atoms with Crippen molar-refractivity contribution in [2.75, 3.05) is 17.2 Å². The molecule has 212 valence electrons. The highest BCUT2D eigenvalue weighted by Gasteiger charge is 2.61. The summed E-state index contributed by atoms with van der Waals surface area (Å²) in [6.07, 6.45) is 5.57. The Kier molecular flexibility index (Phi) is 7.30. The van der Waals surface area contributed by atoms with Crippen LogP contribution in [-0.4, -0.2) is 39.3 Å². The Morgan fingerprint density at radius 2 is 2.00 bits per heavy atom. The van der Waals surface area contributed by atoms with E-state index in [0.717, 1.165) is 11.1 Å². The summed E-state index contributed by atoms with van der Waals surface area (Å²) >= 11 is 0. The number of nitriles is 1. The number of ether oxygens (including phenoxy) is 1. The van der Waals surface area contributed by atoms with Crippen LogP contribution in [0.25, 0.3) is 0 Å². The molecule has 2 heterocycles. The number of aromatic nitrogens is 2. The molecular weight excluding hydrogens is 522 g/mol. The summed E-state index contributed by atoms with van der Waals surface area (Å²) in [4.78, 5) is 37.6. The second-order valence-corrected chi connectivity index (χ2v) is 11.7. The van der Waals surface area contributed by atoms with Gasteiger partial charge in [-0.3, -0.25) is 19.1 Å². The number of carboxylic acid groups (broad SMARTS) is 1. The number of aliphatic carboxylic acids is 1. The van der Waals surface area contributed by atoms with Gasteiger partial charge < -0.3 is 20.5 Å². The van der Waals surface area contributed by atoms with Gasteiger partial charge in [0.25, 0.3) is 5.91 Å². The molecule has 1 spiro atoms. The van der Waals surface area contributed by atoms with Gasteiger partial charge in [0.2, 0.25) is 5.91 Å². The smallest absolute Gasteiger partial charge is 0.303 e. The van der Waals surface area contributed by atoms with Crippen LogP contribution in [0, 0.1) is 17.2 Å². The lowest BCUT2D eigenvalue weighted by molar-refractivity contribution is -0.137. The molecule has 1 saturated carbocycles. The average Bonchev–Trinajstić information content (AvgIpc) is 3.43. The van der Waals surface area contributed by atoms with Crippen molar-refractivity contribution in [2.45, 2.75) is 63.8 Å². The summed E-state index contributed by atoms with van der Waals surface area (Å²) in [5, 5.41) is 28.6. The Labute approximate surface area is 238 Å². The quantitative estimate of drug-likeness (QED) is 0.360. The Hall–Kier alpha value is -4.65. The molecular formula is C31H33N5O5. The van der Waals surface area contributed by atoms with E-state index in [2.05, 4.69) is 21.8 Å². The first-order valence-corrected chi connectivity index (χ1v) is 13.7. The van der Waals surface area contributed by atoms with Crippen LogP contribution < -0.4 is 15.4 Å². The van der Waals surface area contributed by atoms with Crippen LogP contribution in [-0.2, 0) is 27.0 Å². The van der Waals surface area contributed by atoms with Crippen molar-refractivity contribution in [1.29, 1.82) is 5.26 Å². The normalized spacial score (nSPS) is 19.0. The van der Waals surface area contributed by atoms with Gasteiger partial charge in [0, 0.05) is 40.8 Å². The standard InChI is InChI=1S/C31H33N5O5/c1-30(2,3)36-18-22(17-33-36)34-28(39)21-9-10-26-23(14-21)31(11-12-41-26)15-24(31)29(40)35-25-13-19(16-32)7-8-20(25)5-4-6-27(37)38/h7-10,13-14,17-18,24H,4-6,11-12,15H2,1-3H3,(H,34,39)(H,35,40)(H,37,38)/t24-,31?/m0/s1. The highest BCUT2D eigenvalue weighted by Crippen LogP contribution is 2.61. The lowest BCUT2D eigenvalue weighted by atomic mass is 9.86. The fourth-order valence-corrected chi connectivity index (χ4v) is 5.47. The van der Waals surface area contributed by atoms with Crippen LogP contribution in [0.5, 0.6) is 5.75 Å². The molecule has 2 atom stereocenters. The van der Waals surface area contributed by atoms with E-state index in [4.69, 9.17) is 9.84 Å². The van der Waals surface area contributed by atoms with Gasteiger partial charge in [0.1, 0.15) is 5.75 Å². The number of fused-ring (bicyclic) bond motifs is 2. The highest BCUT2D eigenvalue weighted by molar-refractivity contribution is 6.04. The molecule has 1 aliphatic carbocycles. The number of nitrogens with one attached hydrogen (secondary N) is 2. The van der Waals surface area contributed by atoms with E-state index >= 15 is 0 Å². The fourth-order valence-electron chi connectivity index (χ4n) is 5.47. The lowest BCUT2D eigenvalue weighted by Gasteiger charge is -2.27. The molecule has 3 N–H and O–H groups in total. The van der Waals surface area contributed by atoms with Gasteiger partial charge >= 0.3 is 5.97 Å². The number of hydrogen-bond donors (Lipinski definition) is 3. The summed E-state index contributed by atoms with van der Waals surface area (Å²) < 4.78 is 7.68. The van der Waals surface area contributed by atoms with Crippen LogP contribution in [0.2, 0.25) is 0 Å². The molecule has 10 nitrogen and oxygen atoms in total. The fraction of sp³-hybridized carbons (Fsp3) is 0.387. The maximum atomic E-state index is 13.5. The molecule has 41 heavy (non-hydrogen) atoms. The van der Waals surface area contributed by atoms with Crippen molar-refractivity contribution >= 4 is 29.2 Å². The molecule has 2 amide bonds. The second kappa shape index (κ2) is 10.7. The predicted octanol–water partition coefficient (Wildman–Crippen LogP) is 4.85. The molecule has 2 aromatic carbocycles. The van der Waals surface area contributed by atoms with E-state index < -0.39 is 11.4 Å². The number of carbonyl (C=O) groups is 3. The monoisotopic (exact) mass is 555 g/mol. The molecule has 1 aromatic heterocycles. The van der Waals surface area contributed by atoms with Gasteiger partial charge in [0.15, 0.2) is 0 Å². The minimum absolute atomic E-state index is 0.0186. The zero-order valence-corrected chi connectivity index (χ0v) is 23.4. The van der Waals surface area contributed by atoms with Crippen molar-refractivity contribution in [3.05, 3.63) is 71.0 Å². The minimum Gasteiger partial charge on any atom is -0.493 e. The van der Waals surface area contributed by atoms with Gasteiger partial charge in [-0.05, 0) is 82.3 Å². The van der Waals surface area contributed by atoms with Crippen LogP contribution in [0.3, 0.4) is 0 Å². The van der Waals surface area contributed by atoms with Crippen LogP contribution in [0.15, 0.2) is 48.8 Å². The number of nitrogens with zero attached hydrogens (tertiary/aromatic N) is 3. The average molecular weight is 556 g/mol. The summed E-state index contributed by atoms with van der Waals surface area (Å²) in [6, 6.07) is 12.5. The van der Waals surface area contributed by atoms with Crippen molar-refractivity contribution in [3.63, 3.8) is 0 Å². The number of carbonyl (C=O) groups excluding carboxylic acids is 2. The highest BCUT2D eigenvalue weighted by atomic mass is 16.5. The van der Waals surface area contributed by atoms with Crippen molar-refractivity contribution < 1.29 is 24.2 Å². The number of rotatable bonds is 8. The third kappa shape index (κ3) is 5.80. The van der Waals surface area contributed by atoms with Gasteiger partial charge in [-0.15, -0.1) is 0 Å². The van der Waals surface area contributed by atoms with Crippen LogP contribution in [0.1, 0.15) is 73.5 Å². The van der Waals surface area contributed by atoms with Crippen molar-refractivity contribution in [2.24, 2.45) is 5.92 Å².